The lowest BCUT2D eigenvalue weighted by molar-refractivity contribution is -0.274. The topological polar surface area (TPSA) is 112 Å². The van der Waals surface area contributed by atoms with Gasteiger partial charge < -0.3 is 10.1 Å². The molecule has 1 amide bonds. The summed E-state index contributed by atoms with van der Waals surface area (Å²) in [6.45, 7) is 3.85. The Morgan fingerprint density at radius 2 is 1.77 bits per heavy atom. The van der Waals surface area contributed by atoms with Gasteiger partial charge in [-0.1, -0.05) is 13.8 Å². The van der Waals surface area contributed by atoms with Gasteiger partial charge >= 0.3 is 6.36 Å². The molecule has 7 nitrogen and oxygen atoms in total. The number of carbonyl (C=O) groups excluding carboxylic acids is 1. The molecule has 2 aliphatic rings. The van der Waals surface area contributed by atoms with E-state index in [-0.39, 0.29) is 23.2 Å². The molecule has 158 valence electrons. The maximum Gasteiger partial charge on any atom is 0.573 e. The lowest BCUT2D eigenvalue weighted by atomic mass is 9.67. The highest BCUT2D eigenvalue weighted by molar-refractivity contribution is 6.01. The molecule has 2 atom stereocenters. The van der Waals surface area contributed by atoms with Crippen molar-refractivity contribution in [2.45, 2.75) is 44.4 Å². The van der Waals surface area contributed by atoms with E-state index in [0.29, 0.717) is 29.9 Å². The molecule has 2 aromatic rings. The number of ether oxygens (including phenoxy) is 1. The van der Waals surface area contributed by atoms with E-state index in [0.717, 1.165) is 12.1 Å². The van der Waals surface area contributed by atoms with Crippen LogP contribution in [-0.4, -0.2) is 22.2 Å². The molecule has 1 fully saturated rings. The molecule has 1 aromatic heterocycles. The van der Waals surface area contributed by atoms with Crippen LogP contribution < -0.4 is 10.1 Å². The third kappa shape index (κ3) is 2.98. The predicted molar refractivity (Wildman–Crippen MR) is 101 cm³/mol. The minimum absolute atomic E-state index is 0.0691. The van der Waals surface area contributed by atoms with Gasteiger partial charge in [0.15, 0.2) is 11.4 Å². The number of fused-ring (bicyclic) bond motifs is 5. The van der Waals surface area contributed by atoms with Gasteiger partial charge in [0.05, 0.1) is 16.8 Å². The van der Waals surface area contributed by atoms with Crippen LogP contribution in [-0.2, 0) is 10.2 Å². The Kier molecular flexibility index (Phi) is 4.44. The standard InChI is InChI=1S/C21H16F3N5O2/c1-19(2)13-7-8-20(19,17-16(13)28-14(9-25)15(10-26)29-17)18(30)27-11-3-5-12(6-4-11)31-21(22,23)24/h3-6,13H,7-8H2,1-2H3,(H,27,30)/t13-,20-/m1/s1. The number of nitriles is 2. The van der Waals surface area contributed by atoms with Crippen LogP contribution in [0, 0.1) is 28.1 Å². The molecule has 0 saturated heterocycles. The highest BCUT2D eigenvalue weighted by Crippen LogP contribution is 2.67. The number of rotatable bonds is 3. The number of alkyl halides is 3. The number of anilines is 1. The molecule has 1 aromatic carbocycles. The van der Waals surface area contributed by atoms with Crippen molar-refractivity contribution >= 4 is 11.6 Å². The number of aromatic nitrogens is 2. The second-order valence-corrected chi connectivity index (χ2v) is 8.12. The molecule has 0 radical (unpaired) electrons. The van der Waals surface area contributed by atoms with Crippen LogP contribution in [0.2, 0.25) is 0 Å². The third-order valence-electron chi connectivity index (χ3n) is 6.38. The van der Waals surface area contributed by atoms with E-state index in [1.165, 1.54) is 12.1 Å². The maximum absolute atomic E-state index is 13.5. The lowest BCUT2D eigenvalue weighted by Gasteiger charge is -2.36. The summed E-state index contributed by atoms with van der Waals surface area (Å²) in [5.41, 5.74) is -0.635. The summed E-state index contributed by atoms with van der Waals surface area (Å²) in [6, 6.07) is 8.59. The average Bonchev–Trinajstić information content (AvgIpc) is 3.08. The van der Waals surface area contributed by atoms with Gasteiger partial charge in [-0.3, -0.25) is 4.79 Å². The first-order chi connectivity index (χ1) is 14.5. The Labute approximate surface area is 175 Å². The molecule has 0 unspecified atom stereocenters. The van der Waals surface area contributed by atoms with Crippen molar-refractivity contribution in [1.29, 1.82) is 10.5 Å². The van der Waals surface area contributed by atoms with Gasteiger partial charge in [0.2, 0.25) is 5.91 Å². The summed E-state index contributed by atoms with van der Waals surface area (Å²) >= 11 is 0. The Balaban J connectivity index is 1.70. The van der Waals surface area contributed by atoms with E-state index in [1.54, 1.807) is 0 Å². The summed E-state index contributed by atoms with van der Waals surface area (Å²) in [5, 5.41) is 21.4. The molecule has 1 saturated carbocycles. The number of carbonyl (C=O) groups is 1. The minimum atomic E-state index is -4.81. The highest BCUT2D eigenvalue weighted by atomic mass is 19.4. The quantitative estimate of drug-likeness (QED) is 0.795. The van der Waals surface area contributed by atoms with Crippen molar-refractivity contribution in [2.75, 3.05) is 5.32 Å². The van der Waals surface area contributed by atoms with E-state index in [4.69, 9.17) is 0 Å². The zero-order valence-electron chi connectivity index (χ0n) is 16.5. The minimum Gasteiger partial charge on any atom is -0.406 e. The third-order valence-corrected chi connectivity index (χ3v) is 6.38. The fourth-order valence-electron chi connectivity index (χ4n) is 4.90. The lowest BCUT2D eigenvalue weighted by Crippen LogP contribution is -2.46. The van der Waals surface area contributed by atoms with E-state index in [9.17, 15) is 28.5 Å². The van der Waals surface area contributed by atoms with Crippen molar-refractivity contribution in [2.24, 2.45) is 5.41 Å². The van der Waals surface area contributed by atoms with Crippen LogP contribution >= 0.6 is 0 Å². The normalized spacial score (nSPS) is 22.9. The zero-order valence-corrected chi connectivity index (χ0v) is 16.5. The van der Waals surface area contributed by atoms with Crippen LogP contribution in [0.25, 0.3) is 0 Å². The number of benzene rings is 1. The maximum atomic E-state index is 13.5. The van der Waals surface area contributed by atoms with Gasteiger partial charge in [0.1, 0.15) is 17.9 Å². The first-order valence-corrected chi connectivity index (χ1v) is 9.43. The number of nitrogens with one attached hydrogen (secondary N) is 1. The van der Waals surface area contributed by atoms with Crippen LogP contribution in [0.3, 0.4) is 0 Å². The Morgan fingerprint density at radius 3 is 2.35 bits per heavy atom. The molecule has 10 heteroatoms. The molecular weight excluding hydrogens is 411 g/mol. The summed E-state index contributed by atoms with van der Waals surface area (Å²) in [6.07, 6.45) is -3.67. The Bertz CT molecular complexity index is 1160. The number of nitrogens with zero attached hydrogens (tertiary/aromatic N) is 4. The molecular formula is C21H16F3N5O2. The summed E-state index contributed by atoms with van der Waals surface area (Å²) in [7, 11) is 0. The Hall–Kier alpha value is -3.66. The smallest absolute Gasteiger partial charge is 0.406 e. The van der Waals surface area contributed by atoms with Gasteiger partial charge in [0, 0.05) is 11.6 Å². The van der Waals surface area contributed by atoms with E-state index < -0.39 is 22.9 Å². The highest BCUT2D eigenvalue weighted by Gasteiger charge is 2.68. The van der Waals surface area contributed by atoms with Crippen molar-refractivity contribution in [3.05, 3.63) is 47.0 Å². The van der Waals surface area contributed by atoms with Crippen molar-refractivity contribution < 1.29 is 22.7 Å². The van der Waals surface area contributed by atoms with Crippen LogP contribution in [0.15, 0.2) is 24.3 Å². The Morgan fingerprint density at radius 1 is 1.16 bits per heavy atom. The summed E-state index contributed by atoms with van der Waals surface area (Å²) in [4.78, 5) is 22.2. The molecule has 1 N–H and O–H groups in total. The molecule has 31 heavy (non-hydrogen) atoms. The predicted octanol–water partition coefficient (Wildman–Crippen LogP) is 3.91. The molecule has 2 aliphatic carbocycles. The number of hydrogen-bond acceptors (Lipinski definition) is 6. The van der Waals surface area contributed by atoms with Crippen LogP contribution in [0.1, 0.15) is 55.4 Å². The van der Waals surface area contributed by atoms with Crippen molar-refractivity contribution in [3.63, 3.8) is 0 Å². The monoisotopic (exact) mass is 427 g/mol. The van der Waals surface area contributed by atoms with Crippen molar-refractivity contribution in [1.82, 2.24) is 9.97 Å². The fourth-order valence-corrected chi connectivity index (χ4v) is 4.90. The first-order valence-electron chi connectivity index (χ1n) is 9.43. The van der Waals surface area contributed by atoms with Gasteiger partial charge in [-0.2, -0.15) is 10.5 Å². The van der Waals surface area contributed by atoms with Crippen LogP contribution in [0.5, 0.6) is 5.75 Å². The van der Waals surface area contributed by atoms with E-state index >= 15 is 0 Å². The largest absolute Gasteiger partial charge is 0.573 e. The number of amides is 1. The molecule has 0 spiro atoms. The second-order valence-electron chi connectivity index (χ2n) is 8.12. The molecule has 2 bridgehead atoms. The summed E-state index contributed by atoms with van der Waals surface area (Å²) < 4.78 is 40.9. The molecule has 4 rings (SSSR count). The number of hydrogen-bond donors (Lipinski definition) is 1. The van der Waals surface area contributed by atoms with E-state index in [2.05, 4.69) is 20.0 Å². The van der Waals surface area contributed by atoms with Gasteiger partial charge in [-0.05, 0) is 42.5 Å². The fraction of sp³-hybridized carbons (Fsp3) is 0.381. The van der Waals surface area contributed by atoms with Gasteiger partial charge in [0.25, 0.3) is 0 Å². The molecule has 1 heterocycles. The van der Waals surface area contributed by atoms with Gasteiger partial charge in [-0.25, -0.2) is 9.97 Å². The van der Waals surface area contributed by atoms with Crippen molar-refractivity contribution in [3.8, 4) is 17.9 Å². The van der Waals surface area contributed by atoms with E-state index in [1.807, 2.05) is 26.0 Å². The number of halogens is 3. The van der Waals surface area contributed by atoms with Gasteiger partial charge in [-0.15, -0.1) is 13.2 Å². The zero-order chi connectivity index (χ0) is 22.6. The first kappa shape index (κ1) is 20.6. The van der Waals surface area contributed by atoms with Crippen LogP contribution in [0.4, 0.5) is 18.9 Å². The second kappa shape index (κ2) is 6.67. The average molecular weight is 427 g/mol. The summed E-state index contributed by atoms with van der Waals surface area (Å²) in [5.74, 6) is -0.890. The SMILES string of the molecule is CC1(C)[C@@H]2CC[C@]1(C(=O)Nc1ccc(OC(F)(F)F)cc1)c1nc(C#N)c(C#N)nc12. The molecule has 0 aliphatic heterocycles.